The van der Waals surface area contributed by atoms with E-state index >= 15 is 0 Å². The summed E-state index contributed by atoms with van der Waals surface area (Å²) in [6.07, 6.45) is 4.54. The Hall–Kier alpha value is -2.41. The molecule has 2 aromatic carbocycles. The lowest BCUT2D eigenvalue weighted by Crippen LogP contribution is -2.20. The van der Waals surface area contributed by atoms with Crippen LogP contribution in [0.2, 0.25) is 0 Å². The molecule has 1 saturated heterocycles. The summed E-state index contributed by atoms with van der Waals surface area (Å²) in [6.45, 7) is 9.26. The molecule has 6 heteroatoms. The molecule has 0 amide bonds. The van der Waals surface area contributed by atoms with E-state index in [2.05, 4.69) is 88.7 Å². The smallest absolute Gasteiger partial charge is 0.191 e. The van der Waals surface area contributed by atoms with Crippen LogP contribution < -0.4 is 0 Å². The molecular weight excluding hydrogens is 416 g/mol. The molecule has 1 aliphatic heterocycles. The van der Waals surface area contributed by atoms with Crippen molar-refractivity contribution in [3.8, 4) is 11.1 Å². The number of thioether (sulfide) groups is 1. The number of benzene rings is 2. The van der Waals surface area contributed by atoms with Crippen molar-refractivity contribution >= 4 is 11.8 Å². The van der Waals surface area contributed by atoms with Gasteiger partial charge in [0.1, 0.15) is 5.82 Å². The quantitative estimate of drug-likeness (QED) is 0.309. The highest BCUT2D eigenvalue weighted by molar-refractivity contribution is 7.99. The van der Waals surface area contributed by atoms with Gasteiger partial charge < -0.3 is 9.30 Å². The third-order valence-corrected chi connectivity index (χ3v) is 6.87. The van der Waals surface area contributed by atoms with E-state index in [1.165, 1.54) is 22.3 Å². The van der Waals surface area contributed by atoms with Gasteiger partial charge in [0, 0.05) is 25.4 Å². The van der Waals surface area contributed by atoms with Crippen LogP contribution in [-0.2, 0) is 24.4 Å². The Bertz CT molecular complexity index is 1040. The summed E-state index contributed by atoms with van der Waals surface area (Å²) in [6, 6.07) is 17.3. The van der Waals surface area contributed by atoms with Gasteiger partial charge in [0.05, 0.1) is 12.6 Å². The standard InChI is InChI=1S/C26H32N4OS/c1-4-14-30-25(27-28-26(30)32-19-23-12-8-15-31-23)18-29(3)17-21-10-7-11-22(16-21)24-13-6-5-9-20(24)2/h4-7,9-11,13,16,23H,1,8,12,14-15,17-19H2,2-3H3/t23-/m1/s1. The fourth-order valence-corrected chi connectivity index (χ4v) is 5.17. The molecule has 0 unspecified atom stereocenters. The monoisotopic (exact) mass is 448 g/mol. The maximum atomic E-state index is 5.75. The van der Waals surface area contributed by atoms with Crippen molar-refractivity contribution in [3.63, 3.8) is 0 Å². The third kappa shape index (κ3) is 5.68. The average molecular weight is 449 g/mol. The Kier molecular flexibility index (Phi) is 7.79. The molecule has 0 N–H and O–H groups in total. The van der Waals surface area contributed by atoms with Crippen molar-refractivity contribution in [1.29, 1.82) is 0 Å². The Labute approximate surface area is 195 Å². The first-order valence-electron chi connectivity index (χ1n) is 11.2. The number of aryl methyl sites for hydroxylation is 1. The van der Waals surface area contributed by atoms with Gasteiger partial charge in [-0.1, -0.05) is 60.3 Å². The second kappa shape index (κ2) is 10.9. The van der Waals surface area contributed by atoms with Gasteiger partial charge in [-0.2, -0.15) is 0 Å². The number of rotatable bonds is 10. The SMILES string of the molecule is C=CCn1c(CN(C)Cc2cccc(-c3ccccc3C)c2)nnc1SC[C@H]1CCCO1. The number of aromatic nitrogens is 3. The zero-order valence-corrected chi connectivity index (χ0v) is 19.9. The molecule has 0 aliphatic carbocycles. The van der Waals surface area contributed by atoms with E-state index in [1.54, 1.807) is 11.8 Å². The average Bonchev–Trinajstić information content (AvgIpc) is 3.44. The second-order valence-corrected chi connectivity index (χ2v) is 9.42. The van der Waals surface area contributed by atoms with Gasteiger partial charge >= 0.3 is 0 Å². The first-order chi connectivity index (χ1) is 15.6. The third-order valence-electron chi connectivity index (χ3n) is 5.77. The van der Waals surface area contributed by atoms with Gasteiger partial charge in [0.2, 0.25) is 0 Å². The highest BCUT2D eigenvalue weighted by Gasteiger charge is 2.19. The fourth-order valence-electron chi connectivity index (χ4n) is 4.14. The van der Waals surface area contributed by atoms with Crippen LogP contribution in [0.3, 0.4) is 0 Å². The zero-order valence-electron chi connectivity index (χ0n) is 19.0. The fraction of sp³-hybridized carbons (Fsp3) is 0.385. The van der Waals surface area contributed by atoms with Crippen molar-refractivity contribution in [3.05, 3.63) is 78.1 Å². The van der Waals surface area contributed by atoms with Crippen LogP contribution in [0.15, 0.2) is 66.3 Å². The molecule has 2 heterocycles. The minimum Gasteiger partial charge on any atom is -0.377 e. The summed E-state index contributed by atoms with van der Waals surface area (Å²) >= 11 is 1.74. The van der Waals surface area contributed by atoms with E-state index in [4.69, 9.17) is 4.74 Å². The molecule has 0 spiro atoms. The van der Waals surface area contributed by atoms with Crippen molar-refractivity contribution < 1.29 is 4.74 Å². The van der Waals surface area contributed by atoms with Crippen LogP contribution in [0, 0.1) is 6.92 Å². The van der Waals surface area contributed by atoms with E-state index in [9.17, 15) is 0 Å². The zero-order chi connectivity index (χ0) is 22.3. The molecule has 0 bridgehead atoms. The molecule has 32 heavy (non-hydrogen) atoms. The Morgan fingerprint density at radius 2 is 2.06 bits per heavy atom. The predicted octanol–water partition coefficient (Wildman–Crippen LogP) is 5.34. The molecule has 168 valence electrons. The summed E-state index contributed by atoms with van der Waals surface area (Å²) in [5.41, 5.74) is 5.13. The maximum absolute atomic E-state index is 5.75. The first-order valence-corrected chi connectivity index (χ1v) is 12.2. The largest absolute Gasteiger partial charge is 0.377 e. The number of hydrogen-bond acceptors (Lipinski definition) is 5. The molecule has 1 atom stereocenters. The summed E-state index contributed by atoms with van der Waals surface area (Å²) in [5, 5.41) is 9.91. The Morgan fingerprint density at radius 3 is 2.84 bits per heavy atom. The minimum absolute atomic E-state index is 0.334. The van der Waals surface area contributed by atoms with Crippen LogP contribution in [-0.4, -0.2) is 45.2 Å². The Balaban J connectivity index is 1.42. The number of nitrogens with zero attached hydrogens (tertiary/aromatic N) is 4. The Morgan fingerprint density at radius 1 is 1.19 bits per heavy atom. The normalized spacial score (nSPS) is 16.0. The predicted molar refractivity (Wildman–Crippen MR) is 132 cm³/mol. The summed E-state index contributed by atoms with van der Waals surface area (Å²) in [7, 11) is 2.13. The van der Waals surface area contributed by atoms with Crippen LogP contribution in [0.25, 0.3) is 11.1 Å². The van der Waals surface area contributed by atoms with Crippen molar-refractivity contribution in [2.45, 2.75) is 50.7 Å². The van der Waals surface area contributed by atoms with E-state index in [0.717, 1.165) is 49.3 Å². The first kappa shape index (κ1) is 22.8. The molecule has 1 aliphatic rings. The van der Waals surface area contributed by atoms with Gasteiger partial charge in [-0.05, 0) is 55.1 Å². The molecule has 1 fully saturated rings. The molecule has 5 nitrogen and oxygen atoms in total. The lowest BCUT2D eigenvalue weighted by atomic mass is 9.99. The van der Waals surface area contributed by atoms with E-state index in [-0.39, 0.29) is 0 Å². The van der Waals surface area contributed by atoms with Crippen LogP contribution in [0.4, 0.5) is 0 Å². The minimum atomic E-state index is 0.334. The van der Waals surface area contributed by atoms with Gasteiger partial charge in [0.25, 0.3) is 0 Å². The number of hydrogen-bond donors (Lipinski definition) is 0. The van der Waals surface area contributed by atoms with Crippen LogP contribution >= 0.6 is 11.8 Å². The van der Waals surface area contributed by atoms with Crippen molar-refractivity contribution in [2.24, 2.45) is 0 Å². The van der Waals surface area contributed by atoms with E-state index in [0.29, 0.717) is 12.6 Å². The molecule has 4 rings (SSSR count). The van der Waals surface area contributed by atoms with E-state index < -0.39 is 0 Å². The van der Waals surface area contributed by atoms with Crippen molar-refractivity contribution in [1.82, 2.24) is 19.7 Å². The maximum Gasteiger partial charge on any atom is 0.191 e. The molecule has 0 saturated carbocycles. The summed E-state index contributed by atoms with van der Waals surface area (Å²) in [4.78, 5) is 2.29. The molecule has 1 aromatic heterocycles. The topological polar surface area (TPSA) is 43.2 Å². The molecule has 3 aromatic rings. The van der Waals surface area contributed by atoms with Crippen LogP contribution in [0.5, 0.6) is 0 Å². The highest BCUT2D eigenvalue weighted by Crippen LogP contribution is 2.25. The second-order valence-electron chi connectivity index (χ2n) is 8.43. The summed E-state index contributed by atoms with van der Waals surface area (Å²) < 4.78 is 7.93. The molecular formula is C26H32N4OS. The molecule has 0 radical (unpaired) electrons. The summed E-state index contributed by atoms with van der Waals surface area (Å²) in [5.74, 6) is 1.90. The lowest BCUT2D eigenvalue weighted by Gasteiger charge is -2.18. The van der Waals surface area contributed by atoms with Gasteiger partial charge in [0.15, 0.2) is 5.16 Å². The van der Waals surface area contributed by atoms with Gasteiger partial charge in [-0.3, -0.25) is 4.90 Å². The number of ether oxygens (including phenoxy) is 1. The number of allylic oxidation sites excluding steroid dienone is 1. The van der Waals surface area contributed by atoms with Crippen LogP contribution in [0.1, 0.15) is 29.8 Å². The highest BCUT2D eigenvalue weighted by atomic mass is 32.2. The van der Waals surface area contributed by atoms with Gasteiger partial charge in [-0.25, -0.2) is 0 Å². The van der Waals surface area contributed by atoms with E-state index in [1.807, 2.05) is 6.08 Å². The van der Waals surface area contributed by atoms with Gasteiger partial charge in [-0.15, -0.1) is 16.8 Å². The van der Waals surface area contributed by atoms with Crippen molar-refractivity contribution in [2.75, 3.05) is 19.4 Å². The lowest BCUT2D eigenvalue weighted by molar-refractivity contribution is 0.129.